The van der Waals surface area contributed by atoms with Crippen LogP contribution in [0.1, 0.15) is 39.2 Å². The van der Waals surface area contributed by atoms with E-state index in [-0.39, 0.29) is 5.82 Å². The normalized spacial score (nSPS) is 23.7. The third-order valence-electron chi connectivity index (χ3n) is 3.97. The fraction of sp³-hybridized carbons (Fsp3) is 0.625. The van der Waals surface area contributed by atoms with Gasteiger partial charge < -0.3 is 10.2 Å². The summed E-state index contributed by atoms with van der Waals surface area (Å²) in [4.78, 5) is 2.35. The molecule has 3 heteroatoms. The van der Waals surface area contributed by atoms with E-state index in [9.17, 15) is 4.39 Å². The molecule has 1 aromatic carbocycles. The minimum atomic E-state index is -0.129. The van der Waals surface area contributed by atoms with Gasteiger partial charge in [-0.05, 0) is 56.0 Å². The minimum absolute atomic E-state index is 0.129. The molecule has 0 radical (unpaired) electrons. The van der Waals surface area contributed by atoms with Crippen LogP contribution in [0.25, 0.3) is 0 Å². The fourth-order valence-electron chi connectivity index (χ4n) is 2.82. The molecular formula is C16H25FN2. The average molecular weight is 264 g/mol. The van der Waals surface area contributed by atoms with E-state index in [1.54, 1.807) is 12.1 Å². The second-order valence-corrected chi connectivity index (χ2v) is 5.78. The van der Waals surface area contributed by atoms with Crippen molar-refractivity contribution in [2.45, 2.75) is 46.2 Å². The summed E-state index contributed by atoms with van der Waals surface area (Å²) in [5.41, 5.74) is 2.06. The Bertz CT molecular complexity index is 419. The van der Waals surface area contributed by atoms with Crippen LogP contribution < -0.4 is 10.2 Å². The number of hydrogen-bond donors (Lipinski definition) is 1. The first-order valence-corrected chi connectivity index (χ1v) is 7.37. The lowest BCUT2D eigenvalue weighted by atomic mass is 9.94. The molecule has 1 saturated heterocycles. The van der Waals surface area contributed by atoms with Gasteiger partial charge in [0.15, 0.2) is 0 Å². The Morgan fingerprint density at radius 1 is 1.26 bits per heavy atom. The topological polar surface area (TPSA) is 15.3 Å². The van der Waals surface area contributed by atoms with Gasteiger partial charge in [0, 0.05) is 24.8 Å². The van der Waals surface area contributed by atoms with Crippen molar-refractivity contribution >= 4 is 5.69 Å². The molecule has 106 valence electrons. The van der Waals surface area contributed by atoms with Crippen LogP contribution in [0.2, 0.25) is 0 Å². The fourth-order valence-corrected chi connectivity index (χ4v) is 2.82. The standard InChI is InChI=1S/C16H25FN2/c1-4-18-10-14-7-15(17)9-16(8-14)19-11-12(2)5-6-13(19)3/h7-9,12-13,18H,4-6,10-11H2,1-3H3. The van der Waals surface area contributed by atoms with E-state index < -0.39 is 0 Å². The number of benzene rings is 1. The maximum absolute atomic E-state index is 13.8. The first-order valence-electron chi connectivity index (χ1n) is 7.37. The summed E-state index contributed by atoms with van der Waals surface area (Å²) >= 11 is 0. The van der Waals surface area contributed by atoms with Crippen LogP contribution in [0.5, 0.6) is 0 Å². The Labute approximate surface area is 116 Å². The highest BCUT2D eigenvalue weighted by Gasteiger charge is 2.23. The Hall–Kier alpha value is -1.09. The van der Waals surface area contributed by atoms with Gasteiger partial charge in [0.2, 0.25) is 0 Å². The van der Waals surface area contributed by atoms with Crippen molar-refractivity contribution in [2.24, 2.45) is 5.92 Å². The SMILES string of the molecule is CCNCc1cc(F)cc(N2CC(C)CCC2C)c1. The zero-order chi connectivity index (χ0) is 13.8. The summed E-state index contributed by atoms with van der Waals surface area (Å²) < 4.78 is 13.8. The molecule has 0 saturated carbocycles. The third-order valence-corrected chi connectivity index (χ3v) is 3.97. The molecule has 1 aliphatic rings. The van der Waals surface area contributed by atoms with E-state index >= 15 is 0 Å². The van der Waals surface area contributed by atoms with Crippen LogP contribution in [0, 0.1) is 11.7 Å². The van der Waals surface area contributed by atoms with Crippen LogP contribution >= 0.6 is 0 Å². The van der Waals surface area contributed by atoms with Gasteiger partial charge in [-0.2, -0.15) is 0 Å². The smallest absolute Gasteiger partial charge is 0.125 e. The molecule has 0 amide bonds. The third kappa shape index (κ3) is 3.69. The molecule has 1 aromatic rings. The molecule has 1 aliphatic heterocycles. The molecule has 0 spiro atoms. The molecular weight excluding hydrogens is 239 g/mol. The van der Waals surface area contributed by atoms with Gasteiger partial charge in [0.1, 0.15) is 5.82 Å². The van der Waals surface area contributed by atoms with Crippen molar-refractivity contribution in [1.82, 2.24) is 5.32 Å². The maximum Gasteiger partial charge on any atom is 0.125 e. The lowest BCUT2D eigenvalue weighted by molar-refractivity contribution is 0.390. The predicted molar refractivity (Wildman–Crippen MR) is 79.0 cm³/mol. The molecule has 2 nitrogen and oxygen atoms in total. The zero-order valence-corrected chi connectivity index (χ0v) is 12.2. The molecule has 2 atom stereocenters. The summed E-state index contributed by atoms with van der Waals surface area (Å²) in [6, 6.07) is 5.93. The van der Waals surface area contributed by atoms with Crippen LogP contribution in [0.3, 0.4) is 0 Å². The predicted octanol–water partition coefficient (Wildman–Crippen LogP) is 3.56. The van der Waals surface area contributed by atoms with E-state index in [0.717, 1.165) is 30.9 Å². The Balaban J connectivity index is 2.20. The number of hydrogen-bond acceptors (Lipinski definition) is 2. The van der Waals surface area contributed by atoms with E-state index in [0.29, 0.717) is 12.0 Å². The van der Waals surface area contributed by atoms with Gasteiger partial charge in [-0.15, -0.1) is 0 Å². The Kier molecular flexibility index (Phi) is 4.81. The highest BCUT2D eigenvalue weighted by atomic mass is 19.1. The van der Waals surface area contributed by atoms with Gasteiger partial charge in [-0.25, -0.2) is 4.39 Å². The summed E-state index contributed by atoms with van der Waals surface area (Å²) in [5, 5.41) is 3.26. The van der Waals surface area contributed by atoms with Crippen molar-refractivity contribution in [3.8, 4) is 0 Å². The first-order chi connectivity index (χ1) is 9.10. The monoisotopic (exact) mass is 264 g/mol. The highest BCUT2D eigenvalue weighted by molar-refractivity contribution is 5.50. The zero-order valence-electron chi connectivity index (χ0n) is 12.2. The minimum Gasteiger partial charge on any atom is -0.368 e. The second-order valence-electron chi connectivity index (χ2n) is 5.78. The maximum atomic E-state index is 13.8. The largest absolute Gasteiger partial charge is 0.368 e. The second kappa shape index (κ2) is 6.38. The Morgan fingerprint density at radius 3 is 2.79 bits per heavy atom. The van der Waals surface area contributed by atoms with Gasteiger partial charge in [0.05, 0.1) is 0 Å². The van der Waals surface area contributed by atoms with E-state index in [4.69, 9.17) is 0 Å². The van der Waals surface area contributed by atoms with E-state index in [2.05, 4.69) is 37.1 Å². The Morgan fingerprint density at radius 2 is 2.05 bits per heavy atom. The quantitative estimate of drug-likeness (QED) is 0.894. The summed E-state index contributed by atoms with van der Waals surface area (Å²) in [5.74, 6) is 0.563. The van der Waals surface area contributed by atoms with Crippen molar-refractivity contribution in [1.29, 1.82) is 0 Å². The lowest BCUT2D eigenvalue weighted by Crippen LogP contribution is -2.41. The molecule has 0 aromatic heterocycles. The highest BCUT2D eigenvalue weighted by Crippen LogP contribution is 2.28. The number of nitrogens with zero attached hydrogens (tertiary/aromatic N) is 1. The van der Waals surface area contributed by atoms with E-state index in [1.165, 1.54) is 12.8 Å². The van der Waals surface area contributed by atoms with E-state index in [1.807, 2.05) is 0 Å². The first kappa shape index (κ1) is 14.3. The van der Waals surface area contributed by atoms with Crippen LogP contribution in [0.4, 0.5) is 10.1 Å². The van der Waals surface area contributed by atoms with Gasteiger partial charge in [0.25, 0.3) is 0 Å². The van der Waals surface area contributed by atoms with Crippen LogP contribution in [0.15, 0.2) is 18.2 Å². The van der Waals surface area contributed by atoms with Crippen molar-refractivity contribution in [3.63, 3.8) is 0 Å². The van der Waals surface area contributed by atoms with Gasteiger partial charge in [-0.1, -0.05) is 13.8 Å². The van der Waals surface area contributed by atoms with Crippen LogP contribution in [-0.4, -0.2) is 19.1 Å². The molecule has 2 rings (SSSR count). The number of nitrogens with one attached hydrogen (secondary N) is 1. The number of piperidine rings is 1. The summed E-state index contributed by atoms with van der Waals surface area (Å²) in [7, 11) is 0. The number of anilines is 1. The molecule has 0 bridgehead atoms. The molecule has 2 unspecified atom stereocenters. The van der Waals surface area contributed by atoms with Crippen molar-refractivity contribution < 1.29 is 4.39 Å². The molecule has 1 fully saturated rings. The summed E-state index contributed by atoms with van der Waals surface area (Å²) in [6.07, 6.45) is 2.47. The van der Waals surface area contributed by atoms with Crippen LogP contribution in [-0.2, 0) is 6.54 Å². The lowest BCUT2D eigenvalue weighted by Gasteiger charge is -2.38. The molecule has 19 heavy (non-hydrogen) atoms. The van der Waals surface area contributed by atoms with Crippen molar-refractivity contribution in [3.05, 3.63) is 29.6 Å². The van der Waals surface area contributed by atoms with Crippen molar-refractivity contribution in [2.75, 3.05) is 18.0 Å². The molecule has 0 aliphatic carbocycles. The molecule has 1 heterocycles. The average Bonchev–Trinajstić information content (AvgIpc) is 2.38. The van der Waals surface area contributed by atoms with Gasteiger partial charge >= 0.3 is 0 Å². The number of rotatable bonds is 4. The van der Waals surface area contributed by atoms with Gasteiger partial charge in [-0.3, -0.25) is 0 Å². The molecule has 1 N–H and O–H groups in total. The number of halogens is 1. The summed E-state index contributed by atoms with van der Waals surface area (Å²) in [6.45, 7) is 9.25.